The van der Waals surface area contributed by atoms with Crippen LogP contribution < -0.4 is 15.8 Å². The first kappa shape index (κ1) is 18.6. The van der Waals surface area contributed by atoms with E-state index in [2.05, 4.69) is 15.3 Å². The molecule has 6 nitrogen and oxygen atoms in total. The SMILES string of the molecule is Cc1c(F)ccc(N/C=C(\N)COc2ncc(C(C)(C)O)cn2)c1F. The predicted octanol–water partition coefficient (Wildman–Crippen LogP) is 2.58. The van der Waals surface area contributed by atoms with Crippen LogP contribution in [0, 0.1) is 18.6 Å². The van der Waals surface area contributed by atoms with Crippen LogP contribution in [-0.2, 0) is 5.60 Å². The van der Waals surface area contributed by atoms with Crippen LogP contribution in [0.4, 0.5) is 14.5 Å². The van der Waals surface area contributed by atoms with Crippen molar-refractivity contribution in [3.8, 4) is 6.01 Å². The van der Waals surface area contributed by atoms with E-state index in [0.29, 0.717) is 5.56 Å². The first-order chi connectivity index (χ1) is 11.7. The van der Waals surface area contributed by atoms with E-state index >= 15 is 0 Å². The van der Waals surface area contributed by atoms with Crippen LogP contribution in [0.15, 0.2) is 36.4 Å². The maximum atomic E-state index is 13.9. The lowest BCUT2D eigenvalue weighted by Crippen LogP contribution is -2.17. The van der Waals surface area contributed by atoms with Gasteiger partial charge in [-0.1, -0.05) is 0 Å². The zero-order valence-electron chi connectivity index (χ0n) is 14.2. The molecule has 8 heteroatoms. The summed E-state index contributed by atoms with van der Waals surface area (Å²) >= 11 is 0. The number of nitrogens with two attached hydrogens (primary N) is 1. The number of aromatic nitrogens is 2. The van der Waals surface area contributed by atoms with Gasteiger partial charge in [0, 0.05) is 29.7 Å². The normalized spacial score (nSPS) is 12.2. The second kappa shape index (κ2) is 7.43. The second-order valence-electron chi connectivity index (χ2n) is 6.00. The Morgan fingerprint density at radius 3 is 2.56 bits per heavy atom. The molecule has 0 aliphatic heterocycles. The third kappa shape index (κ3) is 4.87. The number of hydrogen-bond acceptors (Lipinski definition) is 6. The number of anilines is 1. The molecular formula is C17H20F2N4O2. The molecule has 4 N–H and O–H groups in total. The van der Waals surface area contributed by atoms with Crippen molar-refractivity contribution in [1.82, 2.24) is 9.97 Å². The molecule has 0 radical (unpaired) electrons. The summed E-state index contributed by atoms with van der Waals surface area (Å²) in [6, 6.07) is 2.54. The van der Waals surface area contributed by atoms with Crippen molar-refractivity contribution in [2.45, 2.75) is 26.4 Å². The summed E-state index contributed by atoms with van der Waals surface area (Å²) in [5.41, 5.74) is 5.56. The van der Waals surface area contributed by atoms with Gasteiger partial charge in [0.15, 0.2) is 5.82 Å². The van der Waals surface area contributed by atoms with Gasteiger partial charge < -0.3 is 20.9 Å². The fraction of sp³-hybridized carbons (Fsp3) is 0.294. The molecule has 0 bridgehead atoms. The van der Waals surface area contributed by atoms with Crippen LogP contribution in [0.25, 0.3) is 0 Å². The summed E-state index contributed by atoms with van der Waals surface area (Å²) in [6.07, 6.45) is 4.26. The maximum absolute atomic E-state index is 13.9. The summed E-state index contributed by atoms with van der Waals surface area (Å²) in [4.78, 5) is 7.95. The van der Waals surface area contributed by atoms with Crippen molar-refractivity contribution < 1.29 is 18.6 Å². The second-order valence-corrected chi connectivity index (χ2v) is 6.00. The molecule has 1 aromatic carbocycles. The molecule has 25 heavy (non-hydrogen) atoms. The third-order valence-electron chi connectivity index (χ3n) is 3.44. The Hall–Kier alpha value is -2.74. The van der Waals surface area contributed by atoms with Crippen LogP contribution in [-0.4, -0.2) is 21.7 Å². The highest BCUT2D eigenvalue weighted by Crippen LogP contribution is 2.20. The van der Waals surface area contributed by atoms with Gasteiger partial charge in [0.2, 0.25) is 0 Å². The van der Waals surface area contributed by atoms with Crippen molar-refractivity contribution in [2.75, 3.05) is 11.9 Å². The number of nitrogens with zero attached hydrogens (tertiary/aromatic N) is 2. The van der Waals surface area contributed by atoms with Gasteiger partial charge in [-0.25, -0.2) is 18.7 Å². The highest BCUT2D eigenvalue weighted by molar-refractivity contribution is 5.50. The van der Waals surface area contributed by atoms with Crippen LogP contribution in [0.5, 0.6) is 6.01 Å². The average Bonchev–Trinajstić information content (AvgIpc) is 2.57. The number of aliphatic hydroxyl groups is 1. The van der Waals surface area contributed by atoms with Crippen LogP contribution in [0.1, 0.15) is 25.0 Å². The Balaban J connectivity index is 1.95. The molecule has 0 amide bonds. The Morgan fingerprint density at radius 2 is 1.96 bits per heavy atom. The largest absolute Gasteiger partial charge is 0.457 e. The Kier molecular flexibility index (Phi) is 5.53. The first-order valence-corrected chi connectivity index (χ1v) is 7.52. The van der Waals surface area contributed by atoms with Crippen molar-refractivity contribution in [2.24, 2.45) is 5.73 Å². The fourth-order valence-electron chi connectivity index (χ4n) is 1.84. The standard InChI is InChI=1S/C17H20F2N4O2/c1-10-13(18)4-5-14(15(10)19)21-8-12(20)9-25-16-22-6-11(7-23-16)17(2,3)24/h4-8,21,24H,9,20H2,1-3H3/b12-8-. The van der Waals surface area contributed by atoms with Crippen molar-refractivity contribution >= 4 is 5.69 Å². The zero-order chi connectivity index (χ0) is 18.6. The molecule has 0 atom stereocenters. The monoisotopic (exact) mass is 350 g/mol. The minimum atomic E-state index is -1.04. The van der Waals surface area contributed by atoms with E-state index in [0.717, 1.165) is 0 Å². The molecular weight excluding hydrogens is 330 g/mol. The van der Waals surface area contributed by atoms with Gasteiger partial charge in [-0.05, 0) is 32.9 Å². The van der Waals surface area contributed by atoms with Crippen molar-refractivity contribution in [3.05, 3.63) is 59.2 Å². The first-order valence-electron chi connectivity index (χ1n) is 7.52. The van der Waals surface area contributed by atoms with Gasteiger partial charge in [0.05, 0.1) is 17.0 Å². The molecule has 134 valence electrons. The van der Waals surface area contributed by atoms with Crippen molar-refractivity contribution in [1.29, 1.82) is 0 Å². The Bertz CT molecular complexity index is 771. The molecule has 0 aliphatic rings. The van der Waals surface area contributed by atoms with Crippen LogP contribution >= 0.6 is 0 Å². The molecule has 0 aliphatic carbocycles. The predicted molar refractivity (Wildman–Crippen MR) is 89.8 cm³/mol. The lowest BCUT2D eigenvalue weighted by molar-refractivity contribution is 0.0776. The maximum Gasteiger partial charge on any atom is 0.316 e. The fourth-order valence-corrected chi connectivity index (χ4v) is 1.84. The summed E-state index contributed by atoms with van der Waals surface area (Å²) in [5.74, 6) is -1.30. The number of nitrogens with one attached hydrogen (secondary N) is 1. The smallest absolute Gasteiger partial charge is 0.316 e. The minimum absolute atomic E-state index is 0.0311. The third-order valence-corrected chi connectivity index (χ3v) is 3.44. The van der Waals surface area contributed by atoms with E-state index in [1.807, 2.05) is 0 Å². The average molecular weight is 350 g/mol. The van der Waals surface area contributed by atoms with Gasteiger partial charge >= 0.3 is 6.01 Å². The zero-order valence-corrected chi connectivity index (χ0v) is 14.2. The number of ether oxygens (including phenoxy) is 1. The van der Waals surface area contributed by atoms with Crippen LogP contribution in [0.2, 0.25) is 0 Å². The minimum Gasteiger partial charge on any atom is -0.457 e. The number of rotatable bonds is 6. The van der Waals surface area contributed by atoms with Gasteiger partial charge in [-0.2, -0.15) is 0 Å². The Morgan fingerprint density at radius 1 is 1.32 bits per heavy atom. The van der Waals surface area contributed by atoms with Crippen LogP contribution in [0.3, 0.4) is 0 Å². The Labute approximate surface area is 144 Å². The summed E-state index contributed by atoms with van der Waals surface area (Å²) < 4.78 is 32.4. The molecule has 1 aromatic heterocycles. The van der Waals surface area contributed by atoms with E-state index in [-0.39, 0.29) is 29.6 Å². The number of halogens is 2. The quantitative estimate of drug-likeness (QED) is 0.741. The van der Waals surface area contributed by atoms with E-state index in [1.165, 1.54) is 37.7 Å². The number of benzene rings is 1. The molecule has 1 heterocycles. The summed E-state index contributed by atoms with van der Waals surface area (Å²) in [6.45, 7) is 4.56. The lowest BCUT2D eigenvalue weighted by atomic mass is 10.0. The van der Waals surface area contributed by atoms with Gasteiger partial charge in [-0.15, -0.1) is 0 Å². The topological polar surface area (TPSA) is 93.3 Å². The van der Waals surface area contributed by atoms with E-state index < -0.39 is 17.2 Å². The van der Waals surface area contributed by atoms with E-state index in [4.69, 9.17) is 10.5 Å². The number of hydrogen-bond donors (Lipinski definition) is 3. The molecule has 2 aromatic rings. The van der Waals surface area contributed by atoms with Crippen molar-refractivity contribution in [3.63, 3.8) is 0 Å². The molecule has 2 rings (SSSR count). The lowest BCUT2D eigenvalue weighted by Gasteiger charge is -2.16. The highest BCUT2D eigenvalue weighted by Gasteiger charge is 2.16. The summed E-state index contributed by atoms with van der Waals surface area (Å²) in [7, 11) is 0. The molecule has 0 saturated carbocycles. The molecule has 0 saturated heterocycles. The van der Waals surface area contributed by atoms with Gasteiger partial charge in [0.1, 0.15) is 12.4 Å². The molecule has 0 fully saturated rings. The van der Waals surface area contributed by atoms with E-state index in [9.17, 15) is 13.9 Å². The van der Waals surface area contributed by atoms with E-state index in [1.54, 1.807) is 13.8 Å². The molecule has 0 unspecified atom stereocenters. The van der Waals surface area contributed by atoms with Gasteiger partial charge in [-0.3, -0.25) is 0 Å². The molecule has 0 spiro atoms. The van der Waals surface area contributed by atoms with Gasteiger partial charge in [0.25, 0.3) is 0 Å². The summed E-state index contributed by atoms with van der Waals surface area (Å²) in [5, 5.41) is 12.5. The highest BCUT2D eigenvalue weighted by atomic mass is 19.1.